The first-order chi connectivity index (χ1) is 6.79. The van der Waals surface area contributed by atoms with Crippen molar-refractivity contribution in [3.63, 3.8) is 0 Å². The van der Waals surface area contributed by atoms with E-state index in [2.05, 4.69) is 0 Å². The minimum Gasteiger partial charge on any atom is -0.508 e. The summed E-state index contributed by atoms with van der Waals surface area (Å²) in [6, 6.07) is 3.41. The number of benzene rings is 1. The molecule has 0 aliphatic carbocycles. The third-order valence-electron chi connectivity index (χ3n) is 2.27. The van der Waals surface area contributed by atoms with Gasteiger partial charge in [-0.25, -0.2) is 8.42 Å². The monoisotopic (exact) mass is 248 g/mol. The Labute approximate surface area is 94.1 Å². The van der Waals surface area contributed by atoms with E-state index in [1.54, 1.807) is 19.1 Å². The number of rotatable bonds is 3. The standard InChI is InChI=1S/C10H13ClO3S/c1-7-6-10(12)8(2)5-9(7)3-4-15(11,13)14/h5-6,12H,3-4H2,1-2H3. The van der Waals surface area contributed by atoms with Gasteiger partial charge in [0.05, 0.1) is 5.75 Å². The zero-order chi connectivity index (χ0) is 11.6. The van der Waals surface area contributed by atoms with Crippen molar-refractivity contribution >= 4 is 19.7 Å². The van der Waals surface area contributed by atoms with Crippen LogP contribution in [0.4, 0.5) is 0 Å². The van der Waals surface area contributed by atoms with Crippen molar-refractivity contribution in [2.24, 2.45) is 0 Å². The van der Waals surface area contributed by atoms with Crippen molar-refractivity contribution in [3.8, 4) is 5.75 Å². The molecule has 0 aliphatic heterocycles. The first-order valence-electron chi connectivity index (χ1n) is 4.51. The van der Waals surface area contributed by atoms with Crippen LogP contribution >= 0.6 is 10.7 Å². The molecule has 0 unspecified atom stereocenters. The van der Waals surface area contributed by atoms with Gasteiger partial charge in [0.2, 0.25) is 9.05 Å². The number of phenols is 1. The van der Waals surface area contributed by atoms with E-state index in [0.29, 0.717) is 6.42 Å². The highest BCUT2D eigenvalue weighted by atomic mass is 35.7. The molecule has 1 aromatic rings. The van der Waals surface area contributed by atoms with Gasteiger partial charge < -0.3 is 5.11 Å². The van der Waals surface area contributed by atoms with Gasteiger partial charge in [0.1, 0.15) is 5.75 Å². The Morgan fingerprint density at radius 1 is 1.27 bits per heavy atom. The van der Waals surface area contributed by atoms with Crippen LogP contribution in [0.3, 0.4) is 0 Å². The predicted molar refractivity (Wildman–Crippen MR) is 60.9 cm³/mol. The van der Waals surface area contributed by atoms with Gasteiger partial charge in [0.25, 0.3) is 0 Å². The number of hydrogen-bond donors (Lipinski definition) is 1. The SMILES string of the molecule is Cc1cc(CCS(=O)(=O)Cl)c(C)cc1O. The summed E-state index contributed by atoms with van der Waals surface area (Å²) in [6.07, 6.45) is 0.374. The summed E-state index contributed by atoms with van der Waals surface area (Å²) in [4.78, 5) is 0. The summed E-state index contributed by atoms with van der Waals surface area (Å²) >= 11 is 0. The van der Waals surface area contributed by atoms with Gasteiger partial charge in [-0.2, -0.15) is 0 Å². The van der Waals surface area contributed by atoms with E-state index < -0.39 is 9.05 Å². The molecule has 0 amide bonds. The van der Waals surface area contributed by atoms with Crippen LogP contribution in [0, 0.1) is 13.8 Å². The van der Waals surface area contributed by atoms with Crippen LogP contribution in [-0.4, -0.2) is 19.3 Å². The van der Waals surface area contributed by atoms with E-state index in [1.165, 1.54) is 0 Å². The third kappa shape index (κ3) is 3.72. The molecule has 0 fully saturated rings. The molecule has 0 aliphatic rings. The lowest BCUT2D eigenvalue weighted by atomic mass is 10.0. The number of aromatic hydroxyl groups is 1. The molecule has 0 spiro atoms. The normalized spacial score (nSPS) is 11.7. The Morgan fingerprint density at radius 2 is 1.87 bits per heavy atom. The maximum atomic E-state index is 10.8. The Hall–Kier alpha value is -0.740. The van der Waals surface area contributed by atoms with Gasteiger partial charge in [0, 0.05) is 10.7 Å². The fraction of sp³-hybridized carbons (Fsp3) is 0.400. The first kappa shape index (κ1) is 12.3. The molecule has 5 heteroatoms. The zero-order valence-electron chi connectivity index (χ0n) is 8.62. The molecule has 0 aromatic heterocycles. The minimum absolute atomic E-state index is 0.0837. The molecular weight excluding hydrogens is 236 g/mol. The van der Waals surface area contributed by atoms with Crippen molar-refractivity contribution in [1.29, 1.82) is 0 Å². The zero-order valence-corrected chi connectivity index (χ0v) is 10.2. The number of aryl methyl sites for hydroxylation is 3. The quantitative estimate of drug-likeness (QED) is 0.834. The summed E-state index contributed by atoms with van der Waals surface area (Å²) in [5.74, 6) is 0.143. The summed E-state index contributed by atoms with van der Waals surface area (Å²) in [5, 5.41) is 9.41. The number of hydrogen-bond acceptors (Lipinski definition) is 3. The highest BCUT2D eigenvalue weighted by Gasteiger charge is 2.09. The fourth-order valence-corrected chi connectivity index (χ4v) is 2.06. The topological polar surface area (TPSA) is 54.4 Å². The van der Waals surface area contributed by atoms with Crippen molar-refractivity contribution in [2.75, 3.05) is 5.75 Å². The molecule has 1 aromatic carbocycles. The Balaban J connectivity index is 2.91. The van der Waals surface area contributed by atoms with E-state index >= 15 is 0 Å². The van der Waals surface area contributed by atoms with Crippen LogP contribution in [-0.2, 0) is 15.5 Å². The van der Waals surface area contributed by atoms with E-state index in [1.807, 2.05) is 6.92 Å². The average molecular weight is 249 g/mol. The van der Waals surface area contributed by atoms with Crippen molar-refractivity contribution in [3.05, 3.63) is 28.8 Å². The third-order valence-corrected chi connectivity index (χ3v) is 3.42. The van der Waals surface area contributed by atoms with Gasteiger partial charge >= 0.3 is 0 Å². The molecule has 15 heavy (non-hydrogen) atoms. The van der Waals surface area contributed by atoms with Gasteiger partial charge in [-0.05, 0) is 43.0 Å². The second-order valence-corrected chi connectivity index (χ2v) is 6.45. The predicted octanol–water partition coefficient (Wildman–Crippen LogP) is 2.12. The molecule has 0 saturated carbocycles. The molecule has 0 atom stereocenters. The van der Waals surface area contributed by atoms with Crippen molar-refractivity contribution in [1.82, 2.24) is 0 Å². The van der Waals surface area contributed by atoms with Crippen LogP contribution in [0.5, 0.6) is 5.75 Å². The first-order valence-corrected chi connectivity index (χ1v) is 6.99. The molecular formula is C10H13ClO3S. The lowest BCUT2D eigenvalue weighted by Gasteiger charge is -2.07. The van der Waals surface area contributed by atoms with Gasteiger partial charge in [-0.15, -0.1) is 0 Å². The van der Waals surface area contributed by atoms with Crippen LogP contribution in [0.1, 0.15) is 16.7 Å². The smallest absolute Gasteiger partial charge is 0.232 e. The van der Waals surface area contributed by atoms with E-state index in [4.69, 9.17) is 10.7 Å². The summed E-state index contributed by atoms with van der Waals surface area (Å²) in [6.45, 7) is 3.60. The fourth-order valence-electron chi connectivity index (χ4n) is 1.36. The second kappa shape index (κ2) is 4.41. The van der Waals surface area contributed by atoms with Gasteiger partial charge in [-0.3, -0.25) is 0 Å². The minimum atomic E-state index is -3.45. The van der Waals surface area contributed by atoms with Gasteiger partial charge in [-0.1, -0.05) is 6.07 Å². The van der Waals surface area contributed by atoms with Crippen LogP contribution in [0.15, 0.2) is 12.1 Å². The molecule has 1 rings (SSSR count). The van der Waals surface area contributed by atoms with E-state index in [9.17, 15) is 13.5 Å². The molecule has 84 valence electrons. The Bertz CT molecular complexity index is 466. The summed E-state index contributed by atoms with van der Waals surface area (Å²) in [7, 11) is 1.68. The average Bonchev–Trinajstić information content (AvgIpc) is 2.07. The summed E-state index contributed by atoms with van der Waals surface area (Å²) in [5.41, 5.74) is 2.51. The van der Waals surface area contributed by atoms with E-state index in [0.717, 1.165) is 16.7 Å². The maximum absolute atomic E-state index is 10.8. The van der Waals surface area contributed by atoms with E-state index in [-0.39, 0.29) is 11.5 Å². The largest absolute Gasteiger partial charge is 0.508 e. The van der Waals surface area contributed by atoms with Crippen molar-refractivity contribution < 1.29 is 13.5 Å². The van der Waals surface area contributed by atoms with Crippen LogP contribution in [0.25, 0.3) is 0 Å². The second-order valence-electron chi connectivity index (χ2n) is 3.56. The molecule has 3 nitrogen and oxygen atoms in total. The molecule has 1 N–H and O–H groups in total. The number of phenolic OH excluding ortho intramolecular Hbond substituents is 1. The molecule has 0 heterocycles. The maximum Gasteiger partial charge on any atom is 0.232 e. The lowest BCUT2D eigenvalue weighted by molar-refractivity contribution is 0.470. The molecule has 0 bridgehead atoms. The highest BCUT2D eigenvalue weighted by molar-refractivity contribution is 8.13. The Kier molecular flexibility index (Phi) is 3.62. The lowest BCUT2D eigenvalue weighted by Crippen LogP contribution is -2.02. The van der Waals surface area contributed by atoms with Crippen LogP contribution < -0.4 is 0 Å². The summed E-state index contributed by atoms with van der Waals surface area (Å²) < 4.78 is 21.6. The van der Waals surface area contributed by atoms with Crippen LogP contribution in [0.2, 0.25) is 0 Å². The van der Waals surface area contributed by atoms with Crippen molar-refractivity contribution in [2.45, 2.75) is 20.3 Å². The number of halogens is 1. The van der Waals surface area contributed by atoms with Gasteiger partial charge in [0.15, 0.2) is 0 Å². The Morgan fingerprint density at radius 3 is 2.40 bits per heavy atom. The molecule has 0 radical (unpaired) electrons. The molecule has 0 saturated heterocycles. The highest BCUT2D eigenvalue weighted by Crippen LogP contribution is 2.22.